The molecule has 0 aliphatic carbocycles. The number of aromatic nitrogens is 1. The molecule has 4 aromatic rings. The molecule has 1 aliphatic heterocycles. The number of amides is 1. The monoisotopic (exact) mass is 535 g/mol. The minimum Gasteiger partial charge on any atom is -0.507 e. The Labute approximate surface area is 230 Å². The number of nitro benzene ring substituents is 1. The number of aliphatic hydroxyl groups excluding tert-OH is 1. The van der Waals surface area contributed by atoms with Crippen molar-refractivity contribution in [2.45, 2.75) is 26.1 Å². The SMILES string of the molecule is Cc1cc(/C(O)=C2\C(=O)C(=O)N(Cc3cccnc3)[C@@H]2c2cccc([N+](=O)[O-])c2)ccc1OCc1ccccc1. The second kappa shape index (κ2) is 11.2. The van der Waals surface area contributed by atoms with Crippen LogP contribution in [0.4, 0.5) is 5.69 Å². The average Bonchev–Trinajstić information content (AvgIpc) is 3.22. The highest BCUT2D eigenvalue weighted by Gasteiger charge is 2.46. The quantitative estimate of drug-likeness (QED) is 0.104. The van der Waals surface area contributed by atoms with Crippen molar-refractivity contribution in [3.63, 3.8) is 0 Å². The lowest BCUT2D eigenvalue weighted by Crippen LogP contribution is -2.29. The van der Waals surface area contributed by atoms with Crippen LogP contribution in [-0.2, 0) is 22.7 Å². The van der Waals surface area contributed by atoms with E-state index >= 15 is 0 Å². The first-order valence-corrected chi connectivity index (χ1v) is 12.5. The van der Waals surface area contributed by atoms with Gasteiger partial charge in [-0.1, -0.05) is 48.5 Å². The number of nitro groups is 1. The topological polar surface area (TPSA) is 123 Å². The normalized spacial score (nSPS) is 16.2. The lowest BCUT2D eigenvalue weighted by molar-refractivity contribution is -0.384. The number of likely N-dealkylation sites (tertiary alicyclic amines) is 1. The van der Waals surface area contributed by atoms with Crippen molar-refractivity contribution in [1.29, 1.82) is 0 Å². The van der Waals surface area contributed by atoms with Crippen molar-refractivity contribution in [1.82, 2.24) is 9.88 Å². The number of ketones is 1. The number of benzene rings is 3. The van der Waals surface area contributed by atoms with Gasteiger partial charge in [-0.15, -0.1) is 0 Å². The molecular formula is C31H25N3O6. The van der Waals surface area contributed by atoms with Crippen molar-refractivity contribution in [3.05, 3.63) is 141 Å². The first kappa shape index (κ1) is 26.3. The molecule has 2 heterocycles. The molecule has 1 aromatic heterocycles. The number of carbonyl (C=O) groups is 2. The molecule has 1 saturated heterocycles. The highest BCUT2D eigenvalue weighted by molar-refractivity contribution is 6.46. The Bertz CT molecular complexity index is 1620. The fraction of sp³-hybridized carbons (Fsp3) is 0.129. The van der Waals surface area contributed by atoms with Crippen LogP contribution < -0.4 is 4.74 Å². The molecule has 0 bridgehead atoms. The first-order valence-electron chi connectivity index (χ1n) is 12.5. The molecule has 9 heteroatoms. The number of hydrogen-bond acceptors (Lipinski definition) is 7. The van der Waals surface area contributed by atoms with Crippen molar-refractivity contribution >= 4 is 23.1 Å². The lowest BCUT2D eigenvalue weighted by atomic mass is 9.94. The van der Waals surface area contributed by atoms with Gasteiger partial charge in [0.05, 0.1) is 16.5 Å². The standard InChI is InChI=1S/C31H25N3O6/c1-20-15-24(12-13-26(20)40-19-21-7-3-2-4-8-21)29(35)27-28(23-10-5-11-25(16-23)34(38)39)33(31(37)30(27)36)18-22-9-6-14-32-17-22/h2-17,28,35H,18-19H2,1H3/b29-27+/t28-/m1/s1. The highest BCUT2D eigenvalue weighted by atomic mass is 16.6. The van der Waals surface area contributed by atoms with Crippen LogP contribution >= 0.6 is 0 Å². The number of aliphatic hydroxyl groups is 1. The molecule has 0 unspecified atom stereocenters. The molecule has 0 saturated carbocycles. The van der Waals surface area contributed by atoms with E-state index in [1.165, 1.54) is 23.1 Å². The number of aryl methyl sites for hydroxylation is 1. The van der Waals surface area contributed by atoms with Crippen LogP contribution in [0.5, 0.6) is 5.75 Å². The summed E-state index contributed by atoms with van der Waals surface area (Å²) in [6.45, 7) is 2.20. The van der Waals surface area contributed by atoms with E-state index in [-0.39, 0.29) is 23.6 Å². The molecule has 1 fully saturated rings. The molecule has 1 N–H and O–H groups in total. The number of non-ortho nitro benzene ring substituents is 1. The van der Waals surface area contributed by atoms with Crippen LogP contribution in [0.3, 0.4) is 0 Å². The van der Waals surface area contributed by atoms with Gasteiger partial charge in [0.25, 0.3) is 17.4 Å². The Balaban J connectivity index is 1.55. The van der Waals surface area contributed by atoms with E-state index in [0.717, 1.165) is 11.1 Å². The minimum atomic E-state index is -1.05. The summed E-state index contributed by atoms with van der Waals surface area (Å²) in [5.74, 6) is -1.46. The number of ether oxygens (including phenoxy) is 1. The zero-order chi connectivity index (χ0) is 28.2. The van der Waals surface area contributed by atoms with Crippen molar-refractivity contribution in [2.75, 3.05) is 0 Å². The predicted molar refractivity (Wildman–Crippen MR) is 147 cm³/mol. The van der Waals surface area contributed by atoms with Crippen LogP contribution in [0.2, 0.25) is 0 Å². The van der Waals surface area contributed by atoms with Crippen molar-refractivity contribution in [2.24, 2.45) is 0 Å². The molecule has 5 rings (SSSR count). The Kier molecular flexibility index (Phi) is 7.37. The van der Waals surface area contributed by atoms with E-state index < -0.39 is 22.7 Å². The van der Waals surface area contributed by atoms with Gasteiger partial charge in [0.15, 0.2) is 0 Å². The van der Waals surface area contributed by atoms with Gasteiger partial charge in [-0.05, 0) is 53.4 Å². The van der Waals surface area contributed by atoms with Gasteiger partial charge in [0.2, 0.25) is 0 Å². The first-order chi connectivity index (χ1) is 19.3. The molecular weight excluding hydrogens is 510 g/mol. The summed E-state index contributed by atoms with van der Waals surface area (Å²) in [7, 11) is 0. The van der Waals surface area contributed by atoms with E-state index in [0.29, 0.717) is 29.0 Å². The van der Waals surface area contributed by atoms with E-state index in [1.807, 2.05) is 37.3 Å². The maximum atomic E-state index is 13.4. The van der Waals surface area contributed by atoms with Gasteiger partial charge in [-0.3, -0.25) is 24.7 Å². The number of hydrogen-bond donors (Lipinski definition) is 1. The summed E-state index contributed by atoms with van der Waals surface area (Å²) in [6.07, 6.45) is 3.16. The summed E-state index contributed by atoms with van der Waals surface area (Å²) in [4.78, 5) is 42.9. The second-order valence-electron chi connectivity index (χ2n) is 9.39. The predicted octanol–water partition coefficient (Wildman–Crippen LogP) is 5.50. The summed E-state index contributed by atoms with van der Waals surface area (Å²) in [6, 6.07) is 22.8. The summed E-state index contributed by atoms with van der Waals surface area (Å²) < 4.78 is 5.93. The van der Waals surface area contributed by atoms with Gasteiger partial charge in [0.1, 0.15) is 18.1 Å². The van der Waals surface area contributed by atoms with Gasteiger partial charge < -0.3 is 14.7 Å². The molecule has 1 amide bonds. The fourth-order valence-electron chi connectivity index (χ4n) is 4.74. The molecule has 40 heavy (non-hydrogen) atoms. The third kappa shape index (κ3) is 5.30. The van der Waals surface area contributed by atoms with Gasteiger partial charge in [0, 0.05) is 36.6 Å². The molecule has 0 radical (unpaired) electrons. The van der Waals surface area contributed by atoms with E-state index in [2.05, 4.69) is 4.98 Å². The largest absolute Gasteiger partial charge is 0.507 e. The molecule has 0 spiro atoms. The Hall–Kier alpha value is -5.31. The van der Waals surface area contributed by atoms with E-state index in [9.17, 15) is 24.8 Å². The smallest absolute Gasteiger partial charge is 0.295 e. The lowest BCUT2D eigenvalue weighted by Gasteiger charge is -2.25. The zero-order valence-corrected chi connectivity index (χ0v) is 21.6. The van der Waals surface area contributed by atoms with Gasteiger partial charge in [-0.2, -0.15) is 0 Å². The van der Waals surface area contributed by atoms with Gasteiger partial charge >= 0.3 is 0 Å². The van der Waals surface area contributed by atoms with Crippen LogP contribution in [0.15, 0.2) is 103 Å². The third-order valence-corrected chi connectivity index (χ3v) is 6.70. The number of Topliss-reactive ketones (excluding diaryl/α,β-unsaturated/α-hetero) is 1. The Morgan fingerprint density at radius 1 is 1.00 bits per heavy atom. The summed E-state index contributed by atoms with van der Waals surface area (Å²) >= 11 is 0. The zero-order valence-electron chi connectivity index (χ0n) is 21.6. The van der Waals surface area contributed by atoms with Gasteiger partial charge in [-0.25, -0.2) is 0 Å². The fourth-order valence-corrected chi connectivity index (χ4v) is 4.74. The second-order valence-corrected chi connectivity index (χ2v) is 9.39. The summed E-state index contributed by atoms with van der Waals surface area (Å²) in [5, 5.41) is 22.9. The highest BCUT2D eigenvalue weighted by Crippen LogP contribution is 2.41. The van der Waals surface area contributed by atoms with Crippen LogP contribution in [0.25, 0.3) is 5.76 Å². The Morgan fingerprint density at radius 2 is 1.77 bits per heavy atom. The third-order valence-electron chi connectivity index (χ3n) is 6.70. The number of carbonyl (C=O) groups excluding carboxylic acids is 2. The molecule has 9 nitrogen and oxygen atoms in total. The molecule has 1 aliphatic rings. The molecule has 200 valence electrons. The summed E-state index contributed by atoms with van der Waals surface area (Å²) in [5.41, 5.74) is 2.69. The van der Waals surface area contributed by atoms with E-state index in [4.69, 9.17) is 4.74 Å². The van der Waals surface area contributed by atoms with Crippen LogP contribution in [0, 0.1) is 17.0 Å². The molecule has 3 aromatic carbocycles. The number of rotatable bonds is 8. The Morgan fingerprint density at radius 3 is 2.48 bits per heavy atom. The van der Waals surface area contributed by atoms with Crippen molar-refractivity contribution < 1.29 is 24.4 Å². The minimum absolute atomic E-state index is 0.0217. The maximum Gasteiger partial charge on any atom is 0.295 e. The molecule has 1 atom stereocenters. The maximum absolute atomic E-state index is 13.4. The van der Waals surface area contributed by atoms with Crippen LogP contribution in [-0.4, -0.2) is 31.6 Å². The van der Waals surface area contributed by atoms with Crippen molar-refractivity contribution in [3.8, 4) is 5.75 Å². The average molecular weight is 536 g/mol. The number of pyridine rings is 1. The van der Waals surface area contributed by atoms with Crippen LogP contribution in [0.1, 0.15) is 33.9 Å². The van der Waals surface area contributed by atoms with E-state index in [1.54, 1.807) is 48.8 Å². The number of nitrogens with zero attached hydrogens (tertiary/aromatic N) is 3.